The van der Waals surface area contributed by atoms with Crippen LogP contribution in [0.5, 0.6) is 0 Å². The quantitative estimate of drug-likeness (QED) is 0.181. The summed E-state index contributed by atoms with van der Waals surface area (Å²) in [4.78, 5) is 11.2. The minimum absolute atomic E-state index is 0.0339. The lowest BCUT2D eigenvalue weighted by molar-refractivity contribution is -0.379. The van der Waals surface area contributed by atoms with Crippen molar-refractivity contribution in [2.75, 3.05) is 33.0 Å². The zero-order chi connectivity index (χ0) is 16.3. The van der Waals surface area contributed by atoms with E-state index in [1.165, 1.54) is 0 Å². The van der Waals surface area contributed by atoms with E-state index < -0.39 is 11.9 Å². The van der Waals surface area contributed by atoms with Crippen molar-refractivity contribution in [3.63, 3.8) is 0 Å². The number of esters is 1. The predicted molar refractivity (Wildman–Crippen MR) is 78.5 cm³/mol. The summed E-state index contributed by atoms with van der Waals surface area (Å²) in [6.45, 7) is 15.2. The zero-order valence-electron chi connectivity index (χ0n) is 13.4. The maximum Gasteiger partial charge on any atom is 0.351 e. The van der Waals surface area contributed by atoms with Crippen molar-refractivity contribution < 1.29 is 28.5 Å². The second-order valence-electron chi connectivity index (χ2n) is 4.32. The van der Waals surface area contributed by atoms with Crippen LogP contribution >= 0.6 is 0 Å². The normalized spacial score (nSPS) is 11.0. The van der Waals surface area contributed by atoms with Crippen LogP contribution in [0.3, 0.4) is 0 Å². The fourth-order valence-electron chi connectivity index (χ4n) is 1.43. The molecule has 0 unspecified atom stereocenters. The summed E-state index contributed by atoms with van der Waals surface area (Å²) in [5, 5.41) is 0. The van der Waals surface area contributed by atoms with Crippen molar-refractivity contribution >= 4 is 5.97 Å². The average molecular weight is 302 g/mol. The first kappa shape index (κ1) is 19.6. The first-order valence-electron chi connectivity index (χ1n) is 6.89. The van der Waals surface area contributed by atoms with Crippen LogP contribution in [0.2, 0.25) is 0 Å². The fourth-order valence-corrected chi connectivity index (χ4v) is 1.43. The van der Waals surface area contributed by atoms with Crippen LogP contribution in [0.1, 0.15) is 27.7 Å². The molecule has 0 saturated heterocycles. The standard InChI is InChI=1S/C15H26O6/c1-7-19-15(20-8-2,21-13(5)6)11-17-9-10-18-14(16)12(3)4/h3,5,7-11H2,1-2,4,6H3. The van der Waals surface area contributed by atoms with Crippen molar-refractivity contribution in [2.45, 2.75) is 33.7 Å². The average Bonchev–Trinajstić information content (AvgIpc) is 2.37. The van der Waals surface area contributed by atoms with Gasteiger partial charge in [0.25, 0.3) is 0 Å². The number of rotatable bonds is 12. The Kier molecular flexibility index (Phi) is 9.69. The van der Waals surface area contributed by atoms with Crippen LogP contribution in [-0.4, -0.2) is 45.0 Å². The van der Waals surface area contributed by atoms with Crippen LogP contribution in [0.4, 0.5) is 0 Å². The molecule has 0 spiro atoms. The molecule has 0 aliphatic rings. The number of hydrogen-bond acceptors (Lipinski definition) is 6. The number of hydrogen-bond donors (Lipinski definition) is 0. The van der Waals surface area contributed by atoms with E-state index in [-0.39, 0.29) is 19.8 Å². The molecule has 0 fully saturated rings. The Hall–Kier alpha value is -1.37. The summed E-state index contributed by atoms with van der Waals surface area (Å²) in [5.41, 5.74) is 0.346. The number of ether oxygens (including phenoxy) is 5. The smallest absolute Gasteiger partial charge is 0.351 e. The highest BCUT2D eigenvalue weighted by molar-refractivity contribution is 5.86. The third-order valence-electron chi connectivity index (χ3n) is 2.15. The van der Waals surface area contributed by atoms with Crippen molar-refractivity contribution in [1.29, 1.82) is 0 Å². The van der Waals surface area contributed by atoms with Crippen molar-refractivity contribution in [2.24, 2.45) is 0 Å². The van der Waals surface area contributed by atoms with Gasteiger partial charge in [0.05, 0.1) is 25.6 Å². The Morgan fingerprint density at radius 1 is 1.05 bits per heavy atom. The van der Waals surface area contributed by atoms with Gasteiger partial charge in [-0.3, -0.25) is 0 Å². The molecule has 0 radical (unpaired) electrons. The number of carbonyl (C=O) groups excluding carboxylic acids is 1. The molecule has 0 bridgehead atoms. The van der Waals surface area contributed by atoms with Gasteiger partial charge in [0, 0.05) is 5.57 Å². The molecule has 0 aromatic carbocycles. The summed E-state index contributed by atoms with van der Waals surface area (Å²) in [5.74, 6) is -1.32. The lowest BCUT2D eigenvalue weighted by Gasteiger charge is -2.32. The van der Waals surface area contributed by atoms with E-state index >= 15 is 0 Å². The van der Waals surface area contributed by atoms with Crippen LogP contribution in [0.25, 0.3) is 0 Å². The topological polar surface area (TPSA) is 63.2 Å². The van der Waals surface area contributed by atoms with E-state index in [4.69, 9.17) is 23.7 Å². The highest BCUT2D eigenvalue weighted by Crippen LogP contribution is 2.19. The van der Waals surface area contributed by atoms with Crippen LogP contribution < -0.4 is 0 Å². The van der Waals surface area contributed by atoms with Gasteiger partial charge in [0.2, 0.25) is 0 Å². The Bertz CT molecular complexity index is 344. The first-order valence-corrected chi connectivity index (χ1v) is 6.89. The van der Waals surface area contributed by atoms with Crippen molar-refractivity contribution in [1.82, 2.24) is 0 Å². The van der Waals surface area contributed by atoms with Gasteiger partial charge in [-0.15, -0.1) is 0 Å². The molecule has 122 valence electrons. The molecule has 6 heteroatoms. The maximum absolute atomic E-state index is 11.2. The fraction of sp³-hybridized carbons (Fsp3) is 0.667. The van der Waals surface area contributed by atoms with E-state index in [9.17, 15) is 4.79 Å². The van der Waals surface area contributed by atoms with E-state index in [1.807, 2.05) is 13.8 Å². The molecule has 0 atom stereocenters. The zero-order valence-corrected chi connectivity index (χ0v) is 13.4. The number of allylic oxidation sites excluding steroid dienone is 1. The minimum atomic E-state index is -1.33. The van der Waals surface area contributed by atoms with Gasteiger partial charge in [0.1, 0.15) is 13.2 Å². The Morgan fingerprint density at radius 2 is 1.62 bits per heavy atom. The summed E-state index contributed by atoms with van der Waals surface area (Å²) < 4.78 is 26.8. The van der Waals surface area contributed by atoms with Gasteiger partial charge < -0.3 is 23.7 Å². The second kappa shape index (κ2) is 10.4. The minimum Gasteiger partial charge on any atom is -0.460 e. The van der Waals surface area contributed by atoms with E-state index in [0.29, 0.717) is 24.5 Å². The molecular weight excluding hydrogens is 276 g/mol. The van der Waals surface area contributed by atoms with Gasteiger partial charge >= 0.3 is 11.9 Å². The van der Waals surface area contributed by atoms with Crippen LogP contribution in [-0.2, 0) is 28.5 Å². The first-order chi connectivity index (χ1) is 9.87. The molecule has 0 aliphatic carbocycles. The Balaban J connectivity index is 4.30. The molecule has 0 amide bonds. The van der Waals surface area contributed by atoms with Crippen molar-refractivity contribution in [3.8, 4) is 0 Å². The van der Waals surface area contributed by atoms with Crippen molar-refractivity contribution in [3.05, 3.63) is 24.5 Å². The number of carbonyl (C=O) groups is 1. The third kappa shape index (κ3) is 8.49. The monoisotopic (exact) mass is 302 g/mol. The largest absolute Gasteiger partial charge is 0.460 e. The molecule has 0 saturated carbocycles. The predicted octanol–water partition coefficient (Wildman–Crippen LogP) is 2.40. The summed E-state index contributed by atoms with van der Waals surface area (Å²) in [7, 11) is 0. The lowest BCUT2D eigenvalue weighted by atomic mass is 10.4. The lowest BCUT2D eigenvalue weighted by Crippen LogP contribution is -2.44. The van der Waals surface area contributed by atoms with Crippen LogP contribution in [0, 0.1) is 0 Å². The highest BCUT2D eigenvalue weighted by atomic mass is 16.9. The van der Waals surface area contributed by atoms with Gasteiger partial charge in [-0.25, -0.2) is 4.79 Å². The molecule has 0 aliphatic heterocycles. The summed E-state index contributed by atoms with van der Waals surface area (Å²) in [6, 6.07) is 0. The molecule has 21 heavy (non-hydrogen) atoms. The molecule has 0 aromatic rings. The molecular formula is C15H26O6. The van der Waals surface area contributed by atoms with E-state index in [2.05, 4.69) is 13.2 Å². The van der Waals surface area contributed by atoms with Gasteiger partial charge in [-0.2, -0.15) is 0 Å². The third-order valence-corrected chi connectivity index (χ3v) is 2.15. The molecule has 6 nitrogen and oxygen atoms in total. The molecule has 0 N–H and O–H groups in total. The summed E-state index contributed by atoms with van der Waals surface area (Å²) >= 11 is 0. The highest BCUT2D eigenvalue weighted by Gasteiger charge is 2.35. The van der Waals surface area contributed by atoms with E-state index in [1.54, 1.807) is 13.8 Å². The Labute approximate surface area is 126 Å². The van der Waals surface area contributed by atoms with Gasteiger partial charge in [-0.1, -0.05) is 13.2 Å². The molecule has 0 rings (SSSR count). The summed E-state index contributed by atoms with van der Waals surface area (Å²) in [6.07, 6.45) is 0. The molecule has 0 heterocycles. The molecule has 0 aromatic heterocycles. The van der Waals surface area contributed by atoms with E-state index in [0.717, 1.165) is 0 Å². The van der Waals surface area contributed by atoms with Crippen LogP contribution in [0.15, 0.2) is 24.5 Å². The van der Waals surface area contributed by atoms with Gasteiger partial charge in [0.15, 0.2) is 0 Å². The Morgan fingerprint density at radius 3 is 2.05 bits per heavy atom. The second-order valence-corrected chi connectivity index (χ2v) is 4.32. The maximum atomic E-state index is 11.2. The van der Waals surface area contributed by atoms with Gasteiger partial charge in [-0.05, 0) is 27.7 Å². The SMILES string of the molecule is C=C(C)OC(COCCOC(=O)C(=C)C)(OCC)OCC.